The van der Waals surface area contributed by atoms with Gasteiger partial charge >= 0.3 is 6.18 Å². The molecule has 1 N–H and O–H groups in total. The van der Waals surface area contributed by atoms with Crippen molar-refractivity contribution in [2.24, 2.45) is 0 Å². The summed E-state index contributed by atoms with van der Waals surface area (Å²) in [4.78, 5) is 1.60. The number of aromatic hydroxyl groups is 1. The number of benzene rings is 1. The van der Waals surface area contributed by atoms with Crippen molar-refractivity contribution in [2.45, 2.75) is 12.7 Å². The van der Waals surface area contributed by atoms with Crippen LogP contribution < -0.4 is 0 Å². The van der Waals surface area contributed by atoms with E-state index in [1.165, 1.54) is 6.07 Å². The molecule has 0 aliphatic heterocycles. The Labute approximate surface area is 115 Å². The molecule has 0 aliphatic rings. The van der Waals surface area contributed by atoms with Gasteiger partial charge in [-0.1, -0.05) is 6.07 Å². The molecule has 0 heterocycles. The number of nitrogens with zero attached hydrogens (tertiary/aromatic N) is 1. The second-order valence-electron chi connectivity index (χ2n) is 4.72. The lowest BCUT2D eigenvalue weighted by Crippen LogP contribution is -2.25. The summed E-state index contributed by atoms with van der Waals surface area (Å²) < 4.78 is 59.9. The standard InChI is InChI=1S/C12H16F3NO3S/c1-16(5-6-20(2,18)19)8-9-3-4-11(17)10(7-9)12(13,14)15/h3-4,7,17H,5-6,8H2,1-2H3. The van der Waals surface area contributed by atoms with Gasteiger partial charge in [0.05, 0.1) is 11.3 Å². The maximum Gasteiger partial charge on any atom is 0.419 e. The number of phenolic OH excluding ortho intramolecular Hbond substituents is 1. The largest absolute Gasteiger partial charge is 0.507 e. The van der Waals surface area contributed by atoms with Crippen molar-refractivity contribution in [2.75, 3.05) is 25.6 Å². The average molecular weight is 311 g/mol. The van der Waals surface area contributed by atoms with Gasteiger partial charge in [-0.15, -0.1) is 0 Å². The molecule has 0 atom stereocenters. The first-order valence-electron chi connectivity index (χ1n) is 5.74. The van der Waals surface area contributed by atoms with Crippen LogP contribution in [0.15, 0.2) is 18.2 Å². The Balaban J connectivity index is 2.79. The van der Waals surface area contributed by atoms with Crippen LogP contribution in [0.5, 0.6) is 5.75 Å². The van der Waals surface area contributed by atoms with Gasteiger partial charge in [-0.05, 0) is 24.7 Å². The van der Waals surface area contributed by atoms with Crippen molar-refractivity contribution >= 4 is 9.84 Å². The monoisotopic (exact) mass is 311 g/mol. The molecule has 0 amide bonds. The van der Waals surface area contributed by atoms with Crippen LogP contribution in [-0.4, -0.2) is 44.0 Å². The molecule has 0 fully saturated rings. The van der Waals surface area contributed by atoms with E-state index in [-0.39, 0.29) is 18.8 Å². The molecule has 0 aromatic heterocycles. The SMILES string of the molecule is CN(CCS(C)(=O)=O)Cc1ccc(O)c(C(F)(F)F)c1. The van der Waals surface area contributed by atoms with Gasteiger partial charge < -0.3 is 10.0 Å². The highest BCUT2D eigenvalue weighted by Gasteiger charge is 2.34. The quantitative estimate of drug-likeness (QED) is 0.902. The summed E-state index contributed by atoms with van der Waals surface area (Å²) in [5, 5.41) is 9.20. The highest BCUT2D eigenvalue weighted by molar-refractivity contribution is 7.90. The molecule has 0 bridgehead atoms. The van der Waals surface area contributed by atoms with Crippen LogP contribution >= 0.6 is 0 Å². The van der Waals surface area contributed by atoms with E-state index in [0.29, 0.717) is 5.56 Å². The Morgan fingerprint density at radius 3 is 2.40 bits per heavy atom. The van der Waals surface area contributed by atoms with Crippen LogP contribution in [0.3, 0.4) is 0 Å². The van der Waals surface area contributed by atoms with Gasteiger partial charge in [-0.3, -0.25) is 0 Å². The van der Waals surface area contributed by atoms with E-state index in [2.05, 4.69) is 0 Å². The van der Waals surface area contributed by atoms with Gasteiger partial charge in [0.1, 0.15) is 15.6 Å². The van der Waals surface area contributed by atoms with Gasteiger partial charge in [0.15, 0.2) is 0 Å². The predicted octanol–water partition coefficient (Wildman–Crippen LogP) is 1.89. The number of rotatable bonds is 5. The Morgan fingerprint density at radius 1 is 1.30 bits per heavy atom. The van der Waals surface area contributed by atoms with E-state index < -0.39 is 27.3 Å². The van der Waals surface area contributed by atoms with Crippen LogP contribution in [0.4, 0.5) is 13.2 Å². The van der Waals surface area contributed by atoms with E-state index in [1.54, 1.807) is 11.9 Å². The summed E-state index contributed by atoms with van der Waals surface area (Å²) in [7, 11) is -1.49. The van der Waals surface area contributed by atoms with E-state index in [1.807, 2.05) is 0 Å². The van der Waals surface area contributed by atoms with Gasteiger partial charge in [-0.2, -0.15) is 13.2 Å². The molecule has 4 nitrogen and oxygen atoms in total. The van der Waals surface area contributed by atoms with E-state index >= 15 is 0 Å². The molecule has 1 rings (SSSR count). The summed E-state index contributed by atoms with van der Waals surface area (Å²) in [6.45, 7) is 0.389. The minimum atomic E-state index is -4.62. The minimum Gasteiger partial charge on any atom is -0.507 e. The zero-order valence-electron chi connectivity index (χ0n) is 11.1. The molecule has 0 saturated heterocycles. The maximum atomic E-state index is 12.6. The highest BCUT2D eigenvalue weighted by atomic mass is 32.2. The lowest BCUT2D eigenvalue weighted by molar-refractivity contribution is -0.138. The molecule has 1 aromatic carbocycles. The van der Waals surface area contributed by atoms with Crippen LogP contribution in [0.25, 0.3) is 0 Å². The summed E-state index contributed by atoms with van der Waals surface area (Å²) in [5.74, 6) is -0.881. The van der Waals surface area contributed by atoms with E-state index in [9.17, 15) is 26.7 Å². The first kappa shape index (κ1) is 16.8. The smallest absolute Gasteiger partial charge is 0.419 e. The summed E-state index contributed by atoms with van der Waals surface area (Å²) in [5.41, 5.74) is -0.738. The van der Waals surface area contributed by atoms with Crippen molar-refractivity contribution in [3.05, 3.63) is 29.3 Å². The molecule has 8 heteroatoms. The van der Waals surface area contributed by atoms with Gasteiger partial charge in [0, 0.05) is 19.3 Å². The molecule has 114 valence electrons. The topological polar surface area (TPSA) is 57.6 Å². The number of hydrogen-bond acceptors (Lipinski definition) is 4. The molecule has 0 saturated carbocycles. The van der Waals surface area contributed by atoms with Crippen LogP contribution in [0, 0.1) is 0 Å². The number of hydrogen-bond donors (Lipinski definition) is 1. The lowest BCUT2D eigenvalue weighted by Gasteiger charge is -2.17. The summed E-state index contributed by atoms with van der Waals surface area (Å²) in [6.07, 6.45) is -3.52. The fourth-order valence-corrected chi connectivity index (χ4v) is 2.26. The van der Waals surface area contributed by atoms with Gasteiger partial charge in [0.2, 0.25) is 0 Å². The number of sulfone groups is 1. The Kier molecular flexibility index (Phi) is 5.04. The normalized spacial score (nSPS) is 12.9. The van der Waals surface area contributed by atoms with Gasteiger partial charge in [-0.25, -0.2) is 8.42 Å². The number of phenols is 1. The van der Waals surface area contributed by atoms with Crippen molar-refractivity contribution in [1.29, 1.82) is 0 Å². The fraction of sp³-hybridized carbons (Fsp3) is 0.500. The molecule has 1 aromatic rings. The highest BCUT2D eigenvalue weighted by Crippen LogP contribution is 2.36. The summed E-state index contributed by atoms with van der Waals surface area (Å²) in [6, 6.07) is 3.23. The lowest BCUT2D eigenvalue weighted by atomic mass is 10.1. The zero-order chi connectivity index (χ0) is 15.6. The molecule has 0 spiro atoms. The molecular weight excluding hydrogens is 295 g/mol. The van der Waals surface area contributed by atoms with Crippen LogP contribution in [-0.2, 0) is 22.6 Å². The minimum absolute atomic E-state index is 0.0618. The first-order valence-corrected chi connectivity index (χ1v) is 7.80. The molecule has 0 aliphatic carbocycles. The first-order chi connectivity index (χ1) is 8.99. The van der Waals surface area contributed by atoms with Crippen molar-refractivity contribution < 1.29 is 26.7 Å². The van der Waals surface area contributed by atoms with Crippen molar-refractivity contribution in [3.8, 4) is 5.75 Å². The third-order valence-corrected chi connectivity index (χ3v) is 3.59. The second kappa shape index (κ2) is 6.01. The molecule has 0 radical (unpaired) electrons. The molecular formula is C12H16F3NO3S. The molecule has 20 heavy (non-hydrogen) atoms. The third kappa shape index (κ3) is 5.38. The third-order valence-electron chi connectivity index (χ3n) is 2.66. The zero-order valence-corrected chi connectivity index (χ0v) is 11.9. The second-order valence-corrected chi connectivity index (χ2v) is 6.98. The Hall–Kier alpha value is -1.28. The van der Waals surface area contributed by atoms with Crippen molar-refractivity contribution in [3.63, 3.8) is 0 Å². The number of alkyl halides is 3. The Morgan fingerprint density at radius 2 is 1.90 bits per heavy atom. The Bertz CT molecular complexity index is 570. The number of halogens is 3. The maximum absolute atomic E-state index is 12.6. The van der Waals surface area contributed by atoms with Gasteiger partial charge in [0.25, 0.3) is 0 Å². The predicted molar refractivity (Wildman–Crippen MR) is 69.2 cm³/mol. The average Bonchev–Trinajstić information content (AvgIpc) is 2.27. The molecule has 0 unspecified atom stereocenters. The fourth-order valence-electron chi connectivity index (χ4n) is 1.62. The van der Waals surface area contributed by atoms with Crippen LogP contribution in [0.1, 0.15) is 11.1 Å². The summed E-state index contributed by atoms with van der Waals surface area (Å²) >= 11 is 0. The van der Waals surface area contributed by atoms with Crippen LogP contribution in [0.2, 0.25) is 0 Å². The van der Waals surface area contributed by atoms with Crippen molar-refractivity contribution in [1.82, 2.24) is 4.90 Å². The van der Waals surface area contributed by atoms with E-state index in [4.69, 9.17) is 0 Å². The van der Waals surface area contributed by atoms with E-state index in [0.717, 1.165) is 18.4 Å².